The molecule has 1 aliphatic rings. The second-order valence-electron chi connectivity index (χ2n) is 5.23. The van der Waals surface area contributed by atoms with Crippen LogP contribution in [0.4, 0.5) is 20.4 Å². The number of nitrogens with one attached hydrogen (secondary N) is 2. The van der Waals surface area contributed by atoms with Crippen molar-refractivity contribution in [2.45, 2.75) is 33.1 Å². The van der Waals surface area contributed by atoms with Gasteiger partial charge in [-0.05, 0) is 25.2 Å². The quantitative estimate of drug-likeness (QED) is 0.857. The summed E-state index contributed by atoms with van der Waals surface area (Å²) in [6.45, 7) is 5.31. The van der Waals surface area contributed by atoms with E-state index in [4.69, 9.17) is 0 Å². The topological polar surface area (TPSA) is 37.0 Å². The second kappa shape index (κ2) is 6.17. The largest absolute Gasteiger partial charge is 0.368 e. The number of pyridine rings is 1. The summed E-state index contributed by atoms with van der Waals surface area (Å²) >= 11 is 0. The zero-order chi connectivity index (χ0) is 13.8. The Kier molecular flexibility index (Phi) is 4.56. The molecule has 1 fully saturated rings. The summed E-state index contributed by atoms with van der Waals surface area (Å²) in [5.41, 5.74) is 0. The molecule has 2 atom stereocenters. The van der Waals surface area contributed by atoms with Gasteiger partial charge in [0.2, 0.25) is 0 Å². The molecule has 0 aliphatic heterocycles. The molecule has 0 amide bonds. The predicted octanol–water partition coefficient (Wildman–Crippen LogP) is 3.64. The summed E-state index contributed by atoms with van der Waals surface area (Å²) in [5.74, 6) is 0.157. The highest BCUT2D eigenvalue weighted by molar-refractivity contribution is 5.47. The van der Waals surface area contributed by atoms with Crippen molar-refractivity contribution >= 4 is 11.6 Å². The molecule has 0 aromatic carbocycles. The molecule has 3 nitrogen and oxygen atoms in total. The third-order valence-electron chi connectivity index (χ3n) is 3.84. The Labute approximate surface area is 112 Å². The number of hydrogen-bond donors (Lipinski definition) is 2. The van der Waals surface area contributed by atoms with Crippen molar-refractivity contribution in [2.24, 2.45) is 11.8 Å². The minimum atomic E-state index is -0.654. The molecule has 1 aliphatic carbocycles. The Morgan fingerprint density at radius 2 is 1.89 bits per heavy atom. The van der Waals surface area contributed by atoms with E-state index in [0.717, 1.165) is 12.5 Å². The monoisotopic (exact) mass is 269 g/mol. The van der Waals surface area contributed by atoms with Gasteiger partial charge in [0.15, 0.2) is 23.3 Å². The first-order valence-electron chi connectivity index (χ1n) is 6.95. The lowest BCUT2D eigenvalue weighted by molar-refractivity contribution is 0.438. The summed E-state index contributed by atoms with van der Waals surface area (Å²) in [5, 5.41) is 5.81. The Balaban J connectivity index is 2.04. The van der Waals surface area contributed by atoms with Crippen LogP contribution >= 0.6 is 0 Å². The molecule has 1 heterocycles. The molecule has 19 heavy (non-hydrogen) atoms. The van der Waals surface area contributed by atoms with Gasteiger partial charge >= 0.3 is 0 Å². The average molecular weight is 269 g/mol. The van der Waals surface area contributed by atoms with E-state index in [1.54, 1.807) is 0 Å². The smallest absolute Gasteiger partial charge is 0.168 e. The van der Waals surface area contributed by atoms with E-state index < -0.39 is 11.6 Å². The Bertz CT molecular complexity index is 437. The van der Waals surface area contributed by atoms with Gasteiger partial charge in [0.25, 0.3) is 0 Å². The van der Waals surface area contributed by atoms with Gasteiger partial charge in [0.1, 0.15) is 0 Å². The molecule has 106 valence electrons. The summed E-state index contributed by atoms with van der Waals surface area (Å²) in [6.07, 6.45) is 3.63. The fourth-order valence-corrected chi connectivity index (χ4v) is 2.64. The van der Waals surface area contributed by atoms with E-state index in [1.807, 2.05) is 6.92 Å². The average Bonchev–Trinajstić information content (AvgIpc) is 2.77. The first-order chi connectivity index (χ1) is 9.11. The molecule has 0 saturated heterocycles. The van der Waals surface area contributed by atoms with E-state index in [0.29, 0.717) is 24.9 Å². The Morgan fingerprint density at radius 1 is 1.21 bits per heavy atom. The molecule has 1 aromatic rings. The molecule has 1 saturated carbocycles. The van der Waals surface area contributed by atoms with Crippen molar-refractivity contribution in [3.8, 4) is 0 Å². The van der Waals surface area contributed by atoms with Crippen molar-refractivity contribution in [3.05, 3.63) is 17.7 Å². The number of aromatic nitrogens is 1. The van der Waals surface area contributed by atoms with Gasteiger partial charge in [-0.25, -0.2) is 13.8 Å². The van der Waals surface area contributed by atoms with Gasteiger partial charge in [-0.15, -0.1) is 0 Å². The van der Waals surface area contributed by atoms with Gasteiger partial charge in [0.05, 0.1) is 0 Å². The first kappa shape index (κ1) is 14.0. The Morgan fingerprint density at radius 3 is 2.47 bits per heavy atom. The highest BCUT2D eigenvalue weighted by Crippen LogP contribution is 2.31. The van der Waals surface area contributed by atoms with Crippen molar-refractivity contribution in [1.82, 2.24) is 4.98 Å². The summed E-state index contributed by atoms with van der Waals surface area (Å²) in [4.78, 5) is 3.98. The van der Waals surface area contributed by atoms with Crippen LogP contribution in [0.15, 0.2) is 6.07 Å². The SMILES string of the molecule is CCNc1nc(NCC2CCCC2C)c(F)cc1F. The lowest BCUT2D eigenvalue weighted by atomic mass is 9.98. The highest BCUT2D eigenvalue weighted by atomic mass is 19.1. The summed E-state index contributed by atoms with van der Waals surface area (Å²) in [6, 6.07) is 0.880. The lowest BCUT2D eigenvalue weighted by Crippen LogP contribution is -2.18. The number of halogens is 2. The zero-order valence-corrected chi connectivity index (χ0v) is 11.5. The van der Waals surface area contributed by atoms with Crippen molar-refractivity contribution in [2.75, 3.05) is 23.7 Å². The van der Waals surface area contributed by atoms with E-state index >= 15 is 0 Å². The van der Waals surface area contributed by atoms with E-state index in [9.17, 15) is 8.78 Å². The first-order valence-corrected chi connectivity index (χ1v) is 6.95. The van der Waals surface area contributed by atoms with Crippen LogP contribution in [0.1, 0.15) is 33.1 Å². The summed E-state index contributed by atoms with van der Waals surface area (Å²) < 4.78 is 27.1. The lowest BCUT2D eigenvalue weighted by Gasteiger charge is -2.17. The molecular formula is C14H21F2N3. The van der Waals surface area contributed by atoms with Crippen LogP contribution in [0.3, 0.4) is 0 Å². The van der Waals surface area contributed by atoms with E-state index in [-0.39, 0.29) is 11.6 Å². The van der Waals surface area contributed by atoms with Crippen LogP contribution in [-0.4, -0.2) is 18.1 Å². The van der Waals surface area contributed by atoms with Gasteiger partial charge in [-0.2, -0.15) is 0 Å². The maximum Gasteiger partial charge on any atom is 0.168 e. The zero-order valence-electron chi connectivity index (χ0n) is 11.5. The maximum absolute atomic E-state index is 13.6. The molecule has 2 unspecified atom stereocenters. The maximum atomic E-state index is 13.6. The molecular weight excluding hydrogens is 248 g/mol. The molecule has 1 aromatic heterocycles. The number of rotatable bonds is 5. The van der Waals surface area contributed by atoms with Crippen molar-refractivity contribution in [3.63, 3.8) is 0 Å². The molecule has 2 rings (SSSR count). The predicted molar refractivity (Wildman–Crippen MR) is 73.3 cm³/mol. The number of hydrogen-bond acceptors (Lipinski definition) is 3. The minimum Gasteiger partial charge on any atom is -0.368 e. The minimum absolute atomic E-state index is 0.103. The van der Waals surface area contributed by atoms with Crippen LogP contribution in [-0.2, 0) is 0 Å². The third-order valence-corrected chi connectivity index (χ3v) is 3.84. The standard InChI is InChI=1S/C14H21F2N3/c1-3-17-13-11(15)7-12(16)14(19-13)18-8-10-6-4-5-9(10)2/h7,9-10H,3-6,8H2,1-2H3,(H2,17,18,19). The van der Waals surface area contributed by atoms with Crippen LogP contribution in [0, 0.1) is 23.5 Å². The fraction of sp³-hybridized carbons (Fsp3) is 0.643. The Hall–Kier alpha value is -1.39. The molecule has 0 bridgehead atoms. The molecule has 0 spiro atoms. The van der Waals surface area contributed by atoms with E-state index in [1.165, 1.54) is 12.8 Å². The van der Waals surface area contributed by atoms with Gasteiger partial charge in [0, 0.05) is 19.2 Å². The van der Waals surface area contributed by atoms with Crippen molar-refractivity contribution in [1.29, 1.82) is 0 Å². The van der Waals surface area contributed by atoms with Crippen LogP contribution < -0.4 is 10.6 Å². The van der Waals surface area contributed by atoms with Gasteiger partial charge in [-0.3, -0.25) is 0 Å². The highest BCUT2D eigenvalue weighted by Gasteiger charge is 2.23. The normalized spacial score (nSPS) is 22.5. The van der Waals surface area contributed by atoms with Gasteiger partial charge in [-0.1, -0.05) is 19.8 Å². The fourth-order valence-electron chi connectivity index (χ4n) is 2.64. The number of nitrogens with zero attached hydrogens (tertiary/aromatic N) is 1. The molecule has 2 N–H and O–H groups in total. The molecule has 0 radical (unpaired) electrons. The van der Waals surface area contributed by atoms with Crippen LogP contribution in [0.5, 0.6) is 0 Å². The third kappa shape index (κ3) is 3.33. The van der Waals surface area contributed by atoms with E-state index in [2.05, 4.69) is 22.5 Å². The summed E-state index contributed by atoms with van der Waals surface area (Å²) in [7, 11) is 0. The second-order valence-corrected chi connectivity index (χ2v) is 5.23. The van der Waals surface area contributed by atoms with Crippen LogP contribution in [0.25, 0.3) is 0 Å². The molecule has 5 heteroatoms. The van der Waals surface area contributed by atoms with Crippen LogP contribution in [0.2, 0.25) is 0 Å². The van der Waals surface area contributed by atoms with Crippen molar-refractivity contribution < 1.29 is 8.78 Å². The number of anilines is 2. The van der Waals surface area contributed by atoms with Gasteiger partial charge < -0.3 is 10.6 Å².